The van der Waals surface area contributed by atoms with E-state index in [1.165, 1.54) is 28.7 Å². The molecule has 1 aliphatic carbocycles. The highest BCUT2D eigenvalue weighted by molar-refractivity contribution is 7.19. The van der Waals surface area contributed by atoms with Gasteiger partial charge in [0, 0.05) is 30.6 Å². The van der Waals surface area contributed by atoms with Crippen LogP contribution >= 0.6 is 22.7 Å². The number of carbonyl (C=O) groups is 1. The number of hydrogen-bond acceptors (Lipinski definition) is 6. The maximum Gasteiger partial charge on any atom is 0.264 e. The van der Waals surface area contributed by atoms with E-state index in [9.17, 15) is 4.79 Å². The summed E-state index contributed by atoms with van der Waals surface area (Å²) in [5.41, 5.74) is 1.49. The van der Waals surface area contributed by atoms with Crippen LogP contribution in [0.25, 0.3) is 10.2 Å². The van der Waals surface area contributed by atoms with Crippen molar-refractivity contribution in [3.05, 3.63) is 39.2 Å². The van der Waals surface area contributed by atoms with Crippen molar-refractivity contribution in [2.75, 3.05) is 24.5 Å². The lowest BCUT2D eigenvalue weighted by Gasteiger charge is -2.39. The van der Waals surface area contributed by atoms with Gasteiger partial charge in [-0.1, -0.05) is 13.0 Å². The molecular weight excluding hydrogens is 400 g/mol. The first-order valence-corrected chi connectivity index (χ1v) is 12.3. The van der Waals surface area contributed by atoms with Crippen LogP contribution in [0.4, 0.5) is 5.82 Å². The molecular formula is C22H26N4OS2. The summed E-state index contributed by atoms with van der Waals surface area (Å²) in [6.45, 7) is 4.87. The van der Waals surface area contributed by atoms with Crippen molar-refractivity contribution < 1.29 is 4.79 Å². The van der Waals surface area contributed by atoms with Crippen LogP contribution in [-0.2, 0) is 12.8 Å². The Kier molecular flexibility index (Phi) is 5.26. The Morgan fingerprint density at radius 3 is 2.90 bits per heavy atom. The van der Waals surface area contributed by atoms with Crippen molar-refractivity contribution >= 4 is 44.6 Å². The molecule has 0 atom stereocenters. The normalized spacial score (nSPS) is 17.1. The number of thiophene rings is 2. The maximum absolute atomic E-state index is 13.0. The number of fused-ring (bicyclic) bond motifs is 3. The fourth-order valence-electron chi connectivity index (χ4n) is 4.77. The van der Waals surface area contributed by atoms with E-state index in [1.54, 1.807) is 17.7 Å². The average molecular weight is 427 g/mol. The van der Waals surface area contributed by atoms with Gasteiger partial charge in [0.15, 0.2) is 0 Å². The summed E-state index contributed by atoms with van der Waals surface area (Å²) in [4.78, 5) is 30.3. The van der Waals surface area contributed by atoms with Crippen LogP contribution in [0.2, 0.25) is 0 Å². The molecule has 3 aromatic rings. The van der Waals surface area contributed by atoms with Crippen molar-refractivity contribution in [3.8, 4) is 0 Å². The average Bonchev–Trinajstić information content (AvgIpc) is 3.49. The number of nitrogens with zero attached hydrogens (tertiary/aromatic N) is 4. The van der Waals surface area contributed by atoms with E-state index in [1.807, 2.05) is 28.8 Å². The Morgan fingerprint density at radius 1 is 1.28 bits per heavy atom. The van der Waals surface area contributed by atoms with Crippen LogP contribution in [0.5, 0.6) is 0 Å². The molecule has 0 radical (unpaired) electrons. The van der Waals surface area contributed by atoms with Gasteiger partial charge in [-0.2, -0.15) is 0 Å². The van der Waals surface area contributed by atoms with E-state index in [0.29, 0.717) is 6.04 Å². The summed E-state index contributed by atoms with van der Waals surface area (Å²) >= 11 is 3.39. The van der Waals surface area contributed by atoms with Crippen LogP contribution in [0.3, 0.4) is 0 Å². The number of aryl methyl sites for hydroxylation is 2. The molecule has 0 spiro atoms. The zero-order chi connectivity index (χ0) is 19.8. The summed E-state index contributed by atoms with van der Waals surface area (Å²) in [7, 11) is 0. The largest absolute Gasteiger partial charge is 0.356 e. The highest BCUT2D eigenvalue weighted by Crippen LogP contribution is 2.40. The van der Waals surface area contributed by atoms with Gasteiger partial charge >= 0.3 is 0 Å². The molecule has 3 aromatic heterocycles. The highest BCUT2D eigenvalue weighted by atomic mass is 32.1. The third-order valence-corrected chi connectivity index (χ3v) is 8.20. The molecule has 0 aromatic carbocycles. The third-order valence-electron chi connectivity index (χ3n) is 6.14. The monoisotopic (exact) mass is 426 g/mol. The number of piperidine rings is 1. The van der Waals surface area contributed by atoms with Gasteiger partial charge in [-0.3, -0.25) is 4.79 Å². The highest BCUT2D eigenvalue weighted by Gasteiger charge is 2.30. The minimum atomic E-state index is 0.195. The molecule has 0 saturated carbocycles. The molecule has 1 saturated heterocycles. The van der Waals surface area contributed by atoms with Crippen LogP contribution in [-0.4, -0.2) is 46.5 Å². The van der Waals surface area contributed by atoms with Crippen LogP contribution < -0.4 is 4.90 Å². The van der Waals surface area contributed by atoms with Gasteiger partial charge < -0.3 is 9.80 Å². The van der Waals surface area contributed by atoms with E-state index >= 15 is 0 Å². The molecule has 0 bridgehead atoms. The molecule has 4 heterocycles. The lowest BCUT2D eigenvalue weighted by atomic mass is 10.0. The predicted molar refractivity (Wildman–Crippen MR) is 120 cm³/mol. The van der Waals surface area contributed by atoms with Crippen LogP contribution in [0.1, 0.15) is 52.7 Å². The summed E-state index contributed by atoms with van der Waals surface area (Å²) in [6.07, 6.45) is 8.30. The molecule has 5 rings (SSSR count). The molecule has 5 nitrogen and oxygen atoms in total. The first-order valence-electron chi connectivity index (χ1n) is 10.6. The first-order chi connectivity index (χ1) is 14.3. The molecule has 1 fully saturated rings. The molecule has 1 amide bonds. The van der Waals surface area contributed by atoms with E-state index in [4.69, 9.17) is 4.98 Å². The Morgan fingerprint density at radius 2 is 2.14 bits per heavy atom. The second-order valence-electron chi connectivity index (χ2n) is 7.93. The Balaban J connectivity index is 1.35. The summed E-state index contributed by atoms with van der Waals surface area (Å²) in [5, 5.41) is 3.28. The lowest BCUT2D eigenvalue weighted by Crippen LogP contribution is -2.47. The molecule has 0 N–H and O–H groups in total. The minimum absolute atomic E-state index is 0.195. The number of aromatic nitrogens is 2. The molecule has 2 aliphatic rings. The Bertz CT molecular complexity index is 1010. The first kappa shape index (κ1) is 19.0. The number of amides is 1. The van der Waals surface area contributed by atoms with E-state index in [0.717, 1.165) is 60.8 Å². The van der Waals surface area contributed by atoms with Crippen molar-refractivity contribution in [2.45, 2.75) is 51.5 Å². The SMILES string of the molecule is CCCN(C(=O)c1cccs1)C1CCN(c2ncnc3sc4c(c23)CCC4)CC1. The van der Waals surface area contributed by atoms with E-state index in [-0.39, 0.29) is 5.91 Å². The maximum atomic E-state index is 13.0. The van der Waals surface area contributed by atoms with Crippen molar-refractivity contribution in [1.29, 1.82) is 0 Å². The van der Waals surface area contributed by atoms with Gasteiger partial charge in [0.2, 0.25) is 0 Å². The zero-order valence-electron chi connectivity index (χ0n) is 16.8. The summed E-state index contributed by atoms with van der Waals surface area (Å²) in [6, 6.07) is 4.22. The smallest absolute Gasteiger partial charge is 0.264 e. The van der Waals surface area contributed by atoms with E-state index in [2.05, 4.69) is 21.7 Å². The molecule has 29 heavy (non-hydrogen) atoms. The van der Waals surface area contributed by atoms with Gasteiger partial charge in [0.25, 0.3) is 5.91 Å². The zero-order valence-corrected chi connectivity index (χ0v) is 18.4. The van der Waals surface area contributed by atoms with Gasteiger partial charge in [-0.25, -0.2) is 9.97 Å². The van der Waals surface area contributed by atoms with Crippen LogP contribution in [0.15, 0.2) is 23.8 Å². The van der Waals surface area contributed by atoms with Crippen molar-refractivity contribution in [1.82, 2.24) is 14.9 Å². The van der Waals surface area contributed by atoms with Crippen molar-refractivity contribution in [3.63, 3.8) is 0 Å². The van der Waals surface area contributed by atoms with Crippen LogP contribution in [0, 0.1) is 0 Å². The van der Waals surface area contributed by atoms with Gasteiger partial charge in [0.05, 0.1) is 10.3 Å². The number of anilines is 1. The lowest BCUT2D eigenvalue weighted by molar-refractivity contribution is 0.0655. The number of rotatable bonds is 5. The number of hydrogen-bond donors (Lipinski definition) is 0. The molecule has 1 aliphatic heterocycles. The Labute approximate surface area is 179 Å². The third kappa shape index (κ3) is 3.44. The Hall–Kier alpha value is -1.99. The quantitative estimate of drug-likeness (QED) is 0.590. The minimum Gasteiger partial charge on any atom is -0.356 e. The van der Waals surface area contributed by atoms with Gasteiger partial charge in [-0.15, -0.1) is 22.7 Å². The van der Waals surface area contributed by atoms with Crippen molar-refractivity contribution in [2.24, 2.45) is 0 Å². The van der Waals surface area contributed by atoms with Gasteiger partial charge in [-0.05, 0) is 55.5 Å². The number of carbonyl (C=O) groups excluding carboxylic acids is 1. The van der Waals surface area contributed by atoms with Gasteiger partial charge in [0.1, 0.15) is 17.0 Å². The standard InChI is InChI=1S/C22H26N4OS2/c1-2-10-26(22(27)18-7-4-13-28-18)15-8-11-25(12-9-15)20-19-16-5-3-6-17(16)29-21(19)24-14-23-20/h4,7,13-15H,2-3,5-6,8-12H2,1H3. The summed E-state index contributed by atoms with van der Waals surface area (Å²) in [5.74, 6) is 1.31. The second kappa shape index (κ2) is 8.03. The molecule has 7 heteroatoms. The summed E-state index contributed by atoms with van der Waals surface area (Å²) < 4.78 is 0. The predicted octanol–water partition coefficient (Wildman–Crippen LogP) is 4.76. The topological polar surface area (TPSA) is 49.3 Å². The molecule has 0 unspecified atom stereocenters. The second-order valence-corrected chi connectivity index (χ2v) is 9.96. The fourth-order valence-corrected chi connectivity index (χ4v) is 6.68. The molecule has 152 valence electrons. The van der Waals surface area contributed by atoms with E-state index < -0.39 is 0 Å². The fraction of sp³-hybridized carbons (Fsp3) is 0.500.